The van der Waals surface area contributed by atoms with E-state index in [0.29, 0.717) is 12.8 Å². The SMILES string of the molecule is FC(F)OC1CC(c2nnc(C3CC(F)(F)CCO3)o2)C1. The van der Waals surface area contributed by atoms with Crippen LogP contribution in [0.25, 0.3) is 0 Å². The lowest BCUT2D eigenvalue weighted by Crippen LogP contribution is -2.31. The van der Waals surface area contributed by atoms with E-state index in [4.69, 9.17) is 9.15 Å². The first-order valence-electron chi connectivity index (χ1n) is 6.69. The van der Waals surface area contributed by atoms with Crippen LogP contribution in [0.3, 0.4) is 0 Å². The Kier molecular flexibility index (Phi) is 3.87. The Morgan fingerprint density at radius 2 is 1.90 bits per heavy atom. The number of nitrogens with zero attached hydrogens (tertiary/aromatic N) is 2. The van der Waals surface area contributed by atoms with E-state index in [2.05, 4.69) is 14.9 Å². The molecule has 2 fully saturated rings. The van der Waals surface area contributed by atoms with Gasteiger partial charge in [0, 0.05) is 18.8 Å². The molecule has 0 bridgehead atoms. The van der Waals surface area contributed by atoms with Crippen molar-refractivity contribution in [3.05, 3.63) is 11.8 Å². The number of hydrogen-bond donors (Lipinski definition) is 0. The van der Waals surface area contributed by atoms with Crippen molar-refractivity contribution in [2.75, 3.05) is 6.61 Å². The minimum absolute atomic E-state index is 0.0163. The van der Waals surface area contributed by atoms with Crippen LogP contribution in [0.2, 0.25) is 0 Å². The van der Waals surface area contributed by atoms with E-state index >= 15 is 0 Å². The topological polar surface area (TPSA) is 57.4 Å². The van der Waals surface area contributed by atoms with Crippen LogP contribution in [0.1, 0.15) is 49.5 Å². The summed E-state index contributed by atoms with van der Waals surface area (Å²) in [5.41, 5.74) is 0. The quantitative estimate of drug-likeness (QED) is 0.800. The fourth-order valence-electron chi connectivity index (χ4n) is 2.51. The average molecular weight is 310 g/mol. The molecule has 0 radical (unpaired) electrons. The molecule has 1 aromatic heterocycles. The molecule has 2 aliphatic rings. The minimum atomic E-state index is -2.80. The third-order valence-electron chi connectivity index (χ3n) is 3.74. The van der Waals surface area contributed by atoms with Crippen LogP contribution in [-0.4, -0.2) is 35.4 Å². The Hall–Kier alpha value is -1.22. The van der Waals surface area contributed by atoms with E-state index in [0.717, 1.165) is 0 Å². The Labute approximate surface area is 117 Å². The van der Waals surface area contributed by atoms with Crippen molar-refractivity contribution in [3.63, 3.8) is 0 Å². The Morgan fingerprint density at radius 3 is 2.57 bits per heavy atom. The molecule has 0 aromatic carbocycles. The summed E-state index contributed by atoms with van der Waals surface area (Å²) in [7, 11) is 0. The first-order chi connectivity index (χ1) is 9.93. The number of ether oxygens (including phenoxy) is 2. The van der Waals surface area contributed by atoms with Crippen LogP contribution in [0.5, 0.6) is 0 Å². The molecule has 1 saturated heterocycles. The highest BCUT2D eigenvalue weighted by atomic mass is 19.3. The van der Waals surface area contributed by atoms with Gasteiger partial charge in [0.05, 0.1) is 12.7 Å². The third kappa shape index (κ3) is 3.34. The monoisotopic (exact) mass is 310 g/mol. The van der Waals surface area contributed by atoms with Crippen molar-refractivity contribution >= 4 is 0 Å². The molecule has 5 nitrogen and oxygen atoms in total. The molecule has 1 aliphatic carbocycles. The van der Waals surface area contributed by atoms with Crippen LogP contribution in [0.4, 0.5) is 17.6 Å². The second-order valence-electron chi connectivity index (χ2n) is 5.34. The zero-order chi connectivity index (χ0) is 15.0. The van der Waals surface area contributed by atoms with E-state index in [9.17, 15) is 17.6 Å². The number of alkyl halides is 4. The fraction of sp³-hybridized carbons (Fsp3) is 0.833. The maximum Gasteiger partial charge on any atom is 0.345 e. The van der Waals surface area contributed by atoms with Crippen molar-refractivity contribution < 1.29 is 31.5 Å². The van der Waals surface area contributed by atoms with Crippen molar-refractivity contribution in [2.24, 2.45) is 0 Å². The van der Waals surface area contributed by atoms with Gasteiger partial charge in [0.2, 0.25) is 11.8 Å². The van der Waals surface area contributed by atoms with Crippen LogP contribution in [-0.2, 0) is 9.47 Å². The number of hydrogen-bond acceptors (Lipinski definition) is 5. The van der Waals surface area contributed by atoms with Crippen molar-refractivity contribution in [1.82, 2.24) is 10.2 Å². The molecule has 1 aromatic rings. The summed E-state index contributed by atoms with van der Waals surface area (Å²) < 4.78 is 65.5. The molecule has 1 saturated carbocycles. The summed E-state index contributed by atoms with van der Waals surface area (Å²) in [6.07, 6.45) is -1.54. The second kappa shape index (κ2) is 5.53. The molecule has 0 amide bonds. The first-order valence-corrected chi connectivity index (χ1v) is 6.69. The van der Waals surface area contributed by atoms with E-state index in [1.807, 2.05) is 0 Å². The maximum atomic E-state index is 13.3. The summed E-state index contributed by atoms with van der Waals surface area (Å²) in [4.78, 5) is 0. The van der Waals surface area contributed by atoms with Gasteiger partial charge >= 0.3 is 6.61 Å². The van der Waals surface area contributed by atoms with Crippen molar-refractivity contribution in [1.29, 1.82) is 0 Å². The van der Waals surface area contributed by atoms with Gasteiger partial charge in [0.1, 0.15) is 6.10 Å². The summed E-state index contributed by atoms with van der Waals surface area (Å²) in [6, 6.07) is 0. The van der Waals surface area contributed by atoms with Crippen LogP contribution in [0.15, 0.2) is 4.42 Å². The molecule has 0 N–H and O–H groups in total. The molecule has 2 heterocycles. The fourth-order valence-corrected chi connectivity index (χ4v) is 2.51. The maximum absolute atomic E-state index is 13.3. The van der Waals surface area contributed by atoms with Gasteiger partial charge in [-0.05, 0) is 12.8 Å². The van der Waals surface area contributed by atoms with Gasteiger partial charge in [-0.1, -0.05) is 0 Å². The zero-order valence-corrected chi connectivity index (χ0v) is 11.0. The third-order valence-corrected chi connectivity index (χ3v) is 3.74. The van der Waals surface area contributed by atoms with E-state index in [-0.39, 0.29) is 30.7 Å². The van der Waals surface area contributed by atoms with Gasteiger partial charge in [-0.25, -0.2) is 8.78 Å². The van der Waals surface area contributed by atoms with Gasteiger partial charge in [-0.15, -0.1) is 10.2 Å². The molecule has 21 heavy (non-hydrogen) atoms. The lowest BCUT2D eigenvalue weighted by Gasteiger charge is -2.32. The molecule has 1 aliphatic heterocycles. The van der Waals surface area contributed by atoms with Gasteiger partial charge in [0.25, 0.3) is 5.92 Å². The molecule has 0 spiro atoms. The standard InChI is InChI=1S/C12H14F4N2O3/c13-11(14)20-7-3-6(4-7)9-17-18-10(21-9)8-5-12(15,16)1-2-19-8/h6-8,11H,1-5H2. The predicted molar refractivity (Wildman–Crippen MR) is 60.0 cm³/mol. The first kappa shape index (κ1) is 14.7. The lowest BCUT2D eigenvalue weighted by atomic mass is 9.82. The summed E-state index contributed by atoms with van der Waals surface area (Å²) in [5.74, 6) is -2.69. The zero-order valence-electron chi connectivity index (χ0n) is 11.0. The lowest BCUT2D eigenvalue weighted by molar-refractivity contribution is -0.185. The second-order valence-corrected chi connectivity index (χ2v) is 5.34. The number of halogens is 4. The molecule has 9 heteroatoms. The molecule has 3 rings (SSSR count). The largest absolute Gasteiger partial charge is 0.422 e. The normalized spacial score (nSPS) is 32.1. The van der Waals surface area contributed by atoms with Crippen LogP contribution >= 0.6 is 0 Å². The van der Waals surface area contributed by atoms with Gasteiger partial charge in [-0.3, -0.25) is 0 Å². The van der Waals surface area contributed by atoms with E-state index in [1.165, 1.54) is 0 Å². The summed E-state index contributed by atoms with van der Waals surface area (Å²) in [6.45, 7) is -2.87. The van der Waals surface area contributed by atoms with Gasteiger partial charge < -0.3 is 13.9 Å². The summed E-state index contributed by atoms with van der Waals surface area (Å²) >= 11 is 0. The highest BCUT2D eigenvalue weighted by Gasteiger charge is 2.41. The minimum Gasteiger partial charge on any atom is -0.422 e. The number of rotatable bonds is 4. The highest BCUT2D eigenvalue weighted by molar-refractivity contribution is 5.02. The Bertz CT molecular complexity index is 491. The molecule has 1 unspecified atom stereocenters. The Morgan fingerprint density at radius 1 is 1.19 bits per heavy atom. The van der Waals surface area contributed by atoms with Gasteiger partial charge in [-0.2, -0.15) is 8.78 Å². The van der Waals surface area contributed by atoms with Crippen LogP contribution < -0.4 is 0 Å². The smallest absolute Gasteiger partial charge is 0.345 e. The predicted octanol–water partition coefficient (Wildman–Crippen LogP) is 3.04. The molecule has 118 valence electrons. The van der Waals surface area contributed by atoms with Gasteiger partial charge in [0.15, 0.2) is 0 Å². The molecular weight excluding hydrogens is 296 g/mol. The summed E-state index contributed by atoms with van der Waals surface area (Å²) in [5, 5.41) is 7.52. The van der Waals surface area contributed by atoms with E-state index in [1.54, 1.807) is 0 Å². The molecule has 1 atom stereocenters. The Balaban J connectivity index is 1.57. The highest BCUT2D eigenvalue weighted by Crippen LogP contribution is 2.41. The molecular formula is C12H14F4N2O3. The average Bonchev–Trinajstić information content (AvgIpc) is 2.80. The van der Waals surface area contributed by atoms with E-state index < -0.39 is 31.2 Å². The number of aromatic nitrogens is 2. The van der Waals surface area contributed by atoms with Crippen molar-refractivity contribution in [3.8, 4) is 0 Å². The van der Waals surface area contributed by atoms with Crippen molar-refractivity contribution in [2.45, 2.75) is 56.3 Å². The van der Waals surface area contributed by atoms with Crippen LogP contribution in [0, 0.1) is 0 Å².